The van der Waals surface area contributed by atoms with E-state index in [0.29, 0.717) is 0 Å². The van der Waals surface area contributed by atoms with Crippen LogP contribution in [0.2, 0.25) is 0 Å². The Morgan fingerprint density at radius 1 is 0.308 bits per heavy atom. The zero-order valence-electron chi connectivity index (χ0n) is 28.4. The Kier molecular flexibility index (Phi) is 7.18. The van der Waals surface area contributed by atoms with Gasteiger partial charge < -0.3 is 9.32 Å². The van der Waals surface area contributed by atoms with Crippen LogP contribution >= 0.6 is 0 Å². The van der Waals surface area contributed by atoms with E-state index in [-0.39, 0.29) is 0 Å². The Labute approximate surface area is 302 Å². The van der Waals surface area contributed by atoms with Crippen LogP contribution in [0.25, 0.3) is 76.9 Å². The lowest BCUT2D eigenvalue weighted by Crippen LogP contribution is -2.09. The van der Waals surface area contributed by atoms with Gasteiger partial charge in [-0.15, -0.1) is 0 Å². The number of hydrogen-bond donors (Lipinski definition) is 0. The van der Waals surface area contributed by atoms with Crippen molar-refractivity contribution in [3.05, 3.63) is 200 Å². The number of anilines is 3. The minimum Gasteiger partial charge on any atom is -0.456 e. The van der Waals surface area contributed by atoms with Crippen LogP contribution in [-0.4, -0.2) is 0 Å². The molecule has 52 heavy (non-hydrogen) atoms. The van der Waals surface area contributed by atoms with Crippen molar-refractivity contribution in [3.63, 3.8) is 0 Å². The maximum atomic E-state index is 6.39. The molecule has 0 aliphatic carbocycles. The number of fused-ring (bicyclic) bond motifs is 6. The molecule has 0 unspecified atom stereocenters. The smallest absolute Gasteiger partial charge is 0.136 e. The largest absolute Gasteiger partial charge is 0.456 e. The molecule has 0 spiro atoms. The van der Waals surface area contributed by atoms with Gasteiger partial charge in [-0.1, -0.05) is 140 Å². The van der Waals surface area contributed by atoms with Crippen molar-refractivity contribution in [2.24, 2.45) is 0 Å². The highest BCUT2D eigenvalue weighted by Gasteiger charge is 2.17. The van der Waals surface area contributed by atoms with Gasteiger partial charge in [0.1, 0.15) is 11.2 Å². The molecule has 0 amide bonds. The first-order valence-corrected chi connectivity index (χ1v) is 17.8. The Balaban J connectivity index is 1.04. The number of hydrogen-bond acceptors (Lipinski definition) is 2. The van der Waals surface area contributed by atoms with Crippen LogP contribution < -0.4 is 4.90 Å². The Morgan fingerprint density at radius 2 is 0.865 bits per heavy atom. The third kappa shape index (κ3) is 5.21. The van der Waals surface area contributed by atoms with Crippen molar-refractivity contribution in [1.82, 2.24) is 0 Å². The van der Waals surface area contributed by atoms with E-state index in [1.807, 2.05) is 6.07 Å². The zero-order chi connectivity index (χ0) is 34.4. The van der Waals surface area contributed by atoms with Gasteiger partial charge in [-0.05, 0) is 116 Å². The topological polar surface area (TPSA) is 16.4 Å². The summed E-state index contributed by atoms with van der Waals surface area (Å²) in [5, 5.41) is 7.22. The highest BCUT2D eigenvalue weighted by molar-refractivity contribution is 6.22. The maximum absolute atomic E-state index is 6.39. The minimum atomic E-state index is 0.912. The van der Waals surface area contributed by atoms with E-state index in [9.17, 15) is 0 Å². The van der Waals surface area contributed by atoms with Gasteiger partial charge >= 0.3 is 0 Å². The van der Waals surface area contributed by atoms with Crippen molar-refractivity contribution in [3.8, 4) is 33.4 Å². The van der Waals surface area contributed by atoms with Crippen LogP contribution in [0.15, 0.2) is 205 Å². The molecule has 0 atom stereocenters. The predicted molar refractivity (Wildman–Crippen MR) is 220 cm³/mol. The Hall–Kier alpha value is -6.90. The van der Waals surface area contributed by atoms with Gasteiger partial charge in [0.15, 0.2) is 0 Å². The molecule has 0 saturated heterocycles. The monoisotopic (exact) mass is 663 g/mol. The standard InChI is InChI=1S/C50H33NO/c1-3-12-37(13-4-1)46-33-49-50(45-17-9-10-18-48(45)52-49)44-30-25-40(32-47(44)46)36-23-28-43(29-24-36)51(41-15-5-2-6-16-41)42-26-21-35(22-27-42)39-20-19-34-11-7-8-14-38(34)31-39/h1-33H. The third-order valence-corrected chi connectivity index (χ3v) is 10.2. The van der Waals surface area contributed by atoms with E-state index < -0.39 is 0 Å². The van der Waals surface area contributed by atoms with Crippen LogP contribution in [0, 0.1) is 0 Å². The van der Waals surface area contributed by atoms with Crippen LogP contribution in [0.5, 0.6) is 0 Å². The molecule has 0 bridgehead atoms. The molecule has 0 saturated carbocycles. The second-order valence-corrected chi connectivity index (χ2v) is 13.3. The van der Waals surface area contributed by atoms with E-state index in [1.54, 1.807) is 0 Å². The summed E-state index contributed by atoms with van der Waals surface area (Å²) in [4.78, 5) is 2.32. The first-order valence-electron chi connectivity index (χ1n) is 17.8. The van der Waals surface area contributed by atoms with Gasteiger partial charge in [0, 0.05) is 27.8 Å². The van der Waals surface area contributed by atoms with Gasteiger partial charge in [-0.2, -0.15) is 0 Å². The fraction of sp³-hybridized carbons (Fsp3) is 0. The predicted octanol–water partition coefficient (Wildman–Crippen LogP) is 14.4. The van der Waals surface area contributed by atoms with Crippen molar-refractivity contribution in [1.29, 1.82) is 0 Å². The lowest BCUT2D eigenvalue weighted by Gasteiger charge is -2.26. The summed E-state index contributed by atoms with van der Waals surface area (Å²) in [6, 6.07) is 71.6. The summed E-state index contributed by atoms with van der Waals surface area (Å²) >= 11 is 0. The van der Waals surface area contributed by atoms with Gasteiger partial charge in [0.05, 0.1) is 0 Å². The number of para-hydroxylation sites is 2. The van der Waals surface area contributed by atoms with E-state index in [4.69, 9.17) is 4.42 Å². The summed E-state index contributed by atoms with van der Waals surface area (Å²) in [7, 11) is 0. The molecule has 10 aromatic rings. The quantitative estimate of drug-likeness (QED) is 0.176. The first kappa shape index (κ1) is 30.0. The fourth-order valence-corrected chi connectivity index (χ4v) is 7.67. The molecule has 0 N–H and O–H groups in total. The van der Waals surface area contributed by atoms with Crippen LogP contribution in [0.3, 0.4) is 0 Å². The molecule has 0 aliphatic rings. The normalized spacial score (nSPS) is 11.5. The highest BCUT2D eigenvalue weighted by atomic mass is 16.3. The van der Waals surface area contributed by atoms with Crippen LogP contribution in [-0.2, 0) is 0 Å². The second-order valence-electron chi connectivity index (χ2n) is 13.3. The third-order valence-electron chi connectivity index (χ3n) is 10.2. The molecule has 1 aromatic heterocycles. The van der Waals surface area contributed by atoms with Crippen molar-refractivity contribution < 1.29 is 4.42 Å². The molecule has 0 fully saturated rings. The van der Waals surface area contributed by atoms with Crippen molar-refractivity contribution in [2.45, 2.75) is 0 Å². The van der Waals surface area contributed by atoms with Gasteiger partial charge in [-0.25, -0.2) is 0 Å². The number of benzene rings is 9. The minimum absolute atomic E-state index is 0.912. The number of nitrogens with zero attached hydrogens (tertiary/aromatic N) is 1. The molecule has 2 heteroatoms. The molecule has 9 aromatic carbocycles. The Morgan fingerprint density at radius 3 is 1.60 bits per heavy atom. The zero-order valence-corrected chi connectivity index (χ0v) is 28.4. The summed E-state index contributed by atoms with van der Waals surface area (Å²) in [6.45, 7) is 0. The number of rotatable bonds is 6. The van der Waals surface area contributed by atoms with E-state index in [0.717, 1.165) is 39.0 Å². The summed E-state index contributed by atoms with van der Waals surface area (Å²) in [5.74, 6) is 0. The van der Waals surface area contributed by atoms with E-state index in [2.05, 4.69) is 199 Å². The SMILES string of the molecule is c1ccc(-c2cc3oc4ccccc4c3c3ccc(-c4ccc(N(c5ccccc5)c5ccc(-c6ccc7ccccc7c6)cc5)cc4)cc23)cc1. The Bertz CT molecular complexity index is 2870. The average Bonchev–Trinajstić information content (AvgIpc) is 3.60. The molecular formula is C50H33NO. The van der Waals surface area contributed by atoms with Gasteiger partial charge in [0.25, 0.3) is 0 Å². The van der Waals surface area contributed by atoms with E-state index in [1.165, 1.54) is 54.9 Å². The van der Waals surface area contributed by atoms with Crippen molar-refractivity contribution in [2.75, 3.05) is 4.90 Å². The summed E-state index contributed by atoms with van der Waals surface area (Å²) < 4.78 is 6.39. The van der Waals surface area contributed by atoms with Gasteiger partial charge in [0.2, 0.25) is 0 Å². The van der Waals surface area contributed by atoms with Crippen molar-refractivity contribution >= 4 is 60.5 Å². The van der Waals surface area contributed by atoms with E-state index >= 15 is 0 Å². The molecule has 0 aliphatic heterocycles. The lowest BCUT2D eigenvalue weighted by atomic mass is 9.92. The average molecular weight is 664 g/mol. The molecule has 10 rings (SSSR count). The highest BCUT2D eigenvalue weighted by Crippen LogP contribution is 2.42. The van der Waals surface area contributed by atoms with Gasteiger partial charge in [-0.3, -0.25) is 0 Å². The summed E-state index contributed by atoms with van der Waals surface area (Å²) in [5.41, 5.74) is 12.3. The number of furan rings is 1. The van der Waals surface area contributed by atoms with Crippen LogP contribution in [0.1, 0.15) is 0 Å². The van der Waals surface area contributed by atoms with Crippen LogP contribution in [0.4, 0.5) is 17.1 Å². The lowest BCUT2D eigenvalue weighted by molar-refractivity contribution is 0.669. The molecule has 2 nitrogen and oxygen atoms in total. The summed E-state index contributed by atoms with van der Waals surface area (Å²) in [6.07, 6.45) is 0. The second kappa shape index (κ2) is 12.5. The molecule has 0 radical (unpaired) electrons. The first-order chi connectivity index (χ1) is 25.8. The molecular weight excluding hydrogens is 631 g/mol. The maximum Gasteiger partial charge on any atom is 0.136 e. The fourth-order valence-electron chi connectivity index (χ4n) is 7.67. The molecule has 1 heterocycles. The molecule has 244 valence electrons.